The standard InChI is InChI=1S/2C26H21ClF3NO5/c2*27-19-8-10-22(36-26(29)30)23(24(19)28)17-7-9-20(31(35)13-17)18(11-14-1-2-14)21(32)12-15-3-5-16(6-4-15)25(33)34/h2*3-10,13-14,18,26H,1-2,11-12H2,(H,33,34)/t2*18-/m10/s1. The number of carboxylic acids is 2. The highest BCUT2D eigenvalue weighted by Gasteiger charge is 2.36. The molecule has 2 N–H and O–H groups in total. The van der Waals surface area contributed by atoms with E-state index in [1.807, 2.05) is 0 Å². The van der Waals surface area contributed by atoms with Crippen molar-refractivity contribution in [3.8, 4) is 33.8 Å². The lowest BCUT2D eigenvalue weighted by Crippen LogP contribution is -2.36. The fraction of sp³-hybridized carbons (Fsp3) is 0.269. The van der Waals surface area contributed by atoms with E-state index in [9.17, 15) is 55.9 Å². The van der Waals surface area contributed by atoms with Crippen LogP contribution in [0.4, 0.5) is 26.3 Å². The lowest BCUT2D eigenvalue weighted by Gasteiger charge is -2.17. The number of ketones is 2. The molecule has 2 fully saturated rings. The summed E-state index contributed by atoms with van der Waals surface area (Å²) in [7, 11) is 0. The molecule has 376 valence electrons. The molecule has 0 saturated heterocycles. The van der Waals surface area contributed by atoms with E-state index in [-0.39, 0.29) is 79.2 Å². The maximum absolute atomic E-state index is 14.8. The Morgan fingerprint density at radius 2 is 0.903 bits per heavy atom. The quantitative estimate of drug-likeness (QED) is 0.0424. The van der Waals surface area contributed by atoms with Crippen molar-refractivity contribution in [1.82, 2.24) is 0 Å². The molecule has 0 aliphatic heterocycles. The second-order valence-electron chi connectivity index (χ2n) is 17.3. The number of aromatic nitrogens is 2. The van der Waals surface area contributed by atoms with Crippen LogP contribution in [-0.4, -0.2) is 46.9 Å². The summed E-state index contributed by atoms with van der Waals surface area (Å²) in [5, 5.41) is 43.5. The van der Waals surface area contributed by atoms with Gasteiger partial charge in [-0.05, 0) is 96.5 Å². The van der Waals surface area contributed by atoms with Gasteiger partial charge < -0.3 is 30.1 Å². The Kier molecular flexibility index (Phi) is 16.8. The molecule has 2 saturated carbocycles. The summed E-state index contributed by atoms with van der Waals surface area (Å²) in [5.74, 6) is -6.49. The Bertz CT molecular complexity index is 2790. The van der Waals surface area contributed by atoms with Gasteiger partial charge in [0.25, 0.3) is 0 Å². The fourth-order valence-electron chi connectivity index (χ4n) is 8.20. The van der Waals surface area contributed by atoms with Crippen LogP contribution >= 0.6 is 23.2 Å². The first-order valence-corrected chi connectivity index (χ1v) is 23.1. The first-order valence-electron chi connectivity index (χ1n) is 22.3. The van der Waals surface area contributed by atoms with Crippen LogP contribution in [0.5, 0.6) is 11.5 Å². The molecule has 0 unspecified atom stereocenters. The molecule has 0 bridgehead atoms. The normalized spacial score (nSPS) is 14.0. The van der Waals surface area contributed by atoms with Crippen molar-refractivity contribution in [3.63, 3.8) is 0 Å². The van der Waals surface area contributed by atoms with Gasteiger partial charge in [-0.3, -0.25) is 9.59 Å². The second-order valence-corrected chi connectivity index (χ2v) is 18.1. The number of Topliss-reactive ketones (excluding diaryl/α,β-unsaturated/α-hetero) is 2. The topological polar surface area (TPSA) is 181 Å². The van der Waals surface area contributed by atoms with E-state index in [1.165, 1.54) is 48.5 Å². The van der Waals surface area contributed by atoms with Crippen molar-refractivity contribution in [3.05, 3.63) is 175 Å². The molecule has 0 radical (unpaired) electrons. The molecule has 72 heavy (non-hydrogen) atoms. The molecular weight excluding hydrogens is 997 g/mol. The molecule has 2 heterocycles. The van der Waals surface area contributed by atoms with E-state index in [0.717, 1.165) is 62.3 Å². The second kappa shape index (κ2) is 22.9. The number of carbonyl (C=O) groups is 4. The molecule has 0 amide bonds. The fourth-order valence-corrected chi connectivity index (χ4v) is 8.51. The number of alkyl halides is 4. The summed E-state index contributed by atoms with van der Waals surface area (Å²) in [4.78, 5) is 48.6. The average molecular weight is 1040 g/mol. The van der Waals surface area contributed by atoms with Gasteiger partial charge in [0, 0.05) is 25.0 Å². The van der Waals surface area contributed by atoms with Crippen LogP contribution in [0.1, 0.15) is 93.6 Å². The third-order valence-corrected chi connectivity index (χ3v) is 12.8. The van der Waals surface area contributed by atoms with Crippen LogP contribution in [0.3, 0.4) is 0 Å². The average Bonchev–Trinajstić information content (AvgIpc) is 4.28. The van der Waals surface area contributed by atoms with Crippen LogP contribution in [0.25, 0.3) is 22.3 Å². The summed E-state index contributed by atoms with van der Waals surface area (Å²) in [6.45, 7) is -6.43. The number of rotatable bonds is 20. The summed E-state index contributed by atoms with van der Waals surface area (Å²) < 4.78 is 90.6. The molecule has 8 rings (SSSR count). The number of carboxylic acid groups (broad SMARTS) is 2. The number of ether oxygens (including phenoxy) is 2. The Morgan fingerprint density at radius 1 is 0.556 bits per heavy atom. The molecule has 4 aromatic carbocycles. The van der Waals surface area contributed by atoms with Crippen molar-refractivity contribution >= 4 is 46.7 Å². The number of benzene rings is 4. The molecule has 0 spiro atoms. The lowest BCUT2D eigenvalue weighted by molar-refractivity contribution is -0.614. The number of hydrogen-bond acceptors (Lipinski definition) is 8. The molecule has 2 aliphatic carbocycles. The van der Waals surface area contributed by atoms with Gasteiger partial charge in [-0.25, -0.2) is 18.4 Å². The number of hydrogen-bond donors (Lipinski definition) is 2. The molecule has 20 heteroatoms. The van der Waals surface area contributed by atoms with Crippen LogP contribution < -0.4 is 18.9 Å². The largest absolute Gasteiger partial charge is 0.618 e. The van der Waals surface area contributed by atoms with Crippen molar-refractivity contribution in [1.29, 1.82) is 0 Å². The highest BCUT2D eigenvalue weighted by molar-refractivity contribution is 6.31. The summed E-state index contributed by atoms with van der Waals surface area (Å²) in [5.41, 5.74) is 0.856. The number of halogens is 8. The minimum Gasteiger partial charge on any atom is -0.618 e. The van der Waals surface area contributed by atoms with Crippen molar-refractivity contribution in [2.24, 2.45) is 11.8 Å². The minimum absolute atomic E-state index is 0.00562. The highest BCUT2D eigenvalue weighted by Crippen LogP contribution is 2.42. The number of pyridine rings is 2. The molecule has 2 aliphatic rings. The molecule has 2 aromatic heterocycles. The van der Waals surface area contributed by atoms with Gasteiger partial charge in [0.1, 0.15) is 23.3 Å². The third kappa shape index (κ3) is 13.2. The number of aromatic carboxylic acids is 2. The van der Waals surface area contributed by atoms with E-state index in [1.54, 1.807) is 24.3 Å². The highest BCUT2D eigenvalue weighted by atomic mass is 35.5. The van der Waals surface area contributed by atoms with Gasteiger partial charge in [-0.1, -0.05) is 73.2 Å². The Balaban J connectivity index is 0.000000211. The van der Waals surface area contributed by atoms with Gasteiger partial charge >= 0.3 is 25.2 Å². The van der Waals surface area contributed by atoms with Crippen LogP contribution in [0.2, 0.25) is 10.0 Å². The first-order chi connectivity index (χ1) is 34.3. The Morgan fingerprint density at radius 3 is 1.19 bits per heavy atom. The molecular formula is C52H42Cl2F6N2O10. The van der Waals surface area contributed by atoms with Crippen LogP contribution in [0.15, 0.2) is 109 Å². The summed E-state index contributed by atoms with van der Waals surface area (Å²) in [6, 6.07) is 21.7. The third-order valence-electron chi connectivity index (χ3n) is 12.2. The summed E-state index contributed by atoms with van der Waals surface area (Å²) in [6.07, 6.45) is 6.69. The lowest BCUT2D eigenvalue weighted by atomic mass is 9.89. The zero-order valence-corrected chi connectivity index (χ0v) is 39.1. The van der Waals surface area contributed by atoms with Gasteiger partial charge in [0.2, 0.25) is 11.4 Å². The smallest absolute Gasteiger partial charge is 0.387 e. The van der Waals surface area contributed by atoms with Gasteiger partial charge in [0.05, 0.1) is 43.4 Å². The predicted molar refractivity (Wildman–Crippen MR) is 249 cm³/mol. The zero-order valence-electron chi connectivity index (χ0n) is 37.6. The zero-order chi connectivity index (χ0) is 52.0. The van der Waals surface area contributed by atoms with E-state index in [4.69, 9.17) is 33.4 Å². The number of carbonyl (C=O) groups excluding carboxylic acids is 2. The maximum atomic E-state index is 14.8. The van der Waals surface area contributed by atoms with E-state index >= 15 is 0 Å². The Hall–Kier alpha value is -7.18. The van der Waals surface area contributed by atoms with Gasteiger partial charge in [-0.15, -0.1) is 0 Å². The number of nitrogens with zero attached hydrogens (tertiary/aromatic N) is 2. The maximum Gasteiger partial charge on any atom is 0.387 e. The molecule has 12 nitrogen and oxygen atoms in total. The van der Waals surface area contributed by atoms with Crippen molar-refractivity contribution in [2.75, 3.05) is 0 Å². The summed E-state index contributed by atoms with van der Waals surface area (Å²) >= 11 is 11.6. The van der Waals surface area contributed by atoms with Gasteiger partial charge in [-0.2, -0.15) is 27.0 Å². The minimum atomic E-state index is -3.21. The monoisotopic (exact) mass is 1040 g/mol. The van der Waals surface area contributed by atoms with Gasteiger partial charge in [0.15, 0.2) is 35.6 Å². The van der Waals surface area contributed by atoms with E-state index < -0.39 is 60.1 Å². The van der Waals surface area contributed by atoms with E-state index in [0.29, 0.717) is 45.3 Å². The predicted octanol–water partition coefficient (Wildman–Crippen LogP) is 11.5. The van der Waals surface area contributed by atoms with Crippen LogP contribution in [-0.2, 0) is 22.4 Å². The molecule has 2 atom stereocenters. The molecule has 6 aromatic rings. The first kappa shape index (κ1) is 52.6. The van der Waals surface area contributed by atoms with Crippen LogP contribution in [0, 0.1) is 33.9 Å². The van der Waals surface area contributed by atoms with Crippen molar-refractivity contribution in [2.45, 2.75) is 76.4 Å². The SMILES string of the molecule is O=C(O)c1ccc(CC(=O)[C@@H](CC2CC2)c2ccc(-c3c(OC(F)F)ccc(Cl)c3F)c[n+]2[O-])cc1.O=C(O)c1ccc(CC(=O)[C@H](CC2CC2)c2ccc(-c3c(OC(F)F)ccc(Cl)c3F)c[n+]2[O-])cc1. The van der Waals surface area contributed by atoms with E-state index in [2.05, 4.69) is 9.47 Å². The Labute approximate surface area is 417 Å². The van der Waals surface area contributed by atoms with Crippen molar-refractivity contribution < 1.29 is 74.7 Å².